The second-order valence-electron chi connectivity index (χ2n) is 4.29. The molecule has 0 saturated carbocycles. The zero-order chi connectivity index (χ0) is 21.1. The Morgan fingerprint density at radius 1 is 0.370 bits per heavy atom. The van der Waals surface area contributed by atoms with Crippen LogP contribution in [-0.2, 0) is 0 Å². The molecular formula is C8H3Br2F17. The first-order valence-corrected chi connectivity index (χ1v) is 5.06. The van der Waals surface area contributed by atoms with E-state index in [0.717, 1.165) is 0 Å². The Morgan fingerprint density at radius 2 is 0.593 bits per heavy atom. The molecule has 0 atom stereocenters. The van der Waals surface area contributed by atoms with E-state index in [2.05, 4.69) is 0 Å². The van der Waals surface area contributed by atoms with Gasteiger partial charge in [0.1, 0.15) is 0 Å². The fourth-order valence-corrected chi connectivity index (χ4v) is 1.12. The van der Waals surface area contributed by atoms with E-state index in [4.69, 9.17) is 0 Å². The molecule has 0 rings (SSSR count). The molecule has 0 unspecified atom stereocenters. The highest BCUT2D eigenvalue weighted by atomic mass is 79.9. The molecule has 19 heteroatoms. The highest BCUT2D eigenvalue weighted by Crippen LogP contribution is 2.62. The van der Waals surface area contributed by atoms with Crippen molar-refractivity contribution in [2.45, 2.75) is 48.1 Å². The summed E-state index contributed by atoms with van der Waals surface area (Å²) in [5.41, 5.74) is 0. The van der Waals surface area contributed by atoms with Crippen molar-refractivity contribution in [3.63, 3.8) is 0 Å². The van der Waals surface area contributed by atoms with Crippen LogP contribution in [0.25, 0.3) is 0 Å². The van der Waals surface area contributed by atoms with E-state index in [1.165, 1.54) is 0 Å². The first-order valence-electron chi connectivity index (χ1n) is 5.06. The number of hydrogen-bond donors (Lipinski definition) is 0. The van der Waals surface area contributed by atoms with Crippen LogP contribution >= 0.6 is 34.0 Å². The second kappa shape index (κ2) is 7.89. The Balaban J connectivity index is -0.00000288. The summed E-state index contributed by atoms with van der Waals surface area (Å²) < 4.78 is 209. The minimum Gasteiger partial charge on any atom is -0.203 e. The molecule has 0 bridgehead atoms. The van der Waals surface area contributed by atoms with Crippen molar-refractivity contribution in [2.24, 2.45) is 0 Å². The normalized spacial score (nSPS) is 15.3. The highest BCUT2D eigenvalue weighted by molar-refractivity contribution is 8.93. The van der Waals surface area contributed by atoms with Gasteiger partial charge in [-0.2, -0.15) is 65.9 Å². The molecule has 0 aromatic carbocycles. The molecule has 0 aliphatic heterocycles. The lowest BCUT2D eigenvalue weighted by atomic mass is 9.91. The molecule has 0 aliphatic carbocycles. The zero-order valence-electron chi connectivity index (χ0n) is 11.3. The van der Waals surface area contributed by atoms with E-state index in [0.29, 0.717) is 0 Å². The molecule has 0 amide bonds. The summed E-state index contributed by atoms with van der Waals surface area (Å²) in [5, 5.41) is 0. The Kier molecular flexibility index (Phi) is 9.19. The monoisotopic (exact) mass is 580 g/mol. The van der Waals surface area contributed by atoms with E-state index in [-0.39, 0.29) is 34.0 Å². The van der Waals surface area contributed by atoms with E-state index in [9.17, 15) is 74.6 Å². The minimum atomic E-state index is -8.54. The largest absolute Gasteiger partial charge is 0.460 e. The van der Waals surface area contributed by atoms with Crippen LogP contribution in [0.15, 0.2) is 0 Å². The van der Waals surface area contributed by atoms with Crippen LogP contribution in [0, 0.1) is 0 Å². The van der Waals surface area contributed by atoms with E-state index < -0.39 is 48.1 Å². The smallest absolute Gasteiger partial charge is 0.203 e. The van der Waals surface area contributed by atoms with Gasteiger partial charge >= 0.3 is 48.1 Å². The van der Waals surface area contributed by atoms with Crippen molar-refractivity contribution in [1.29, 1.82) is 0 Å². The topological polar surface area (TPSA) is 0 Å². The van der Waals surface area contributed by atoms with Gasteiger partial charge in [0.15, 0.2) is 0 Å². The van der Waals surface area contributed by atoms with Crippen LogP contribution in [-0.4, -0.2) is 48.1 Å². The van der Waals surface area contributed by atoms with Gasteiger partial charge in [-0.15, -0.1) is 34.0 Å². The van der Waals surface area contributed by atoms with Gasteiger partial charge in [-0.05, 0) is 0 Å². The van der Waals surface area contributed by atoms with Gasteiger partial charge in [-0.25, -0.2) is 8.78 Å². The molecular weight excluding hydrogens is 579 g/mol. The molecule has 0 aromatic rings. The summed E-state index contributed by atoms with van der Waals surface area (Å²) in [7, 11) is 0. The number of alkyl halides is 17. The summed E-state index contributed by atoms with van der Waals surface area (Å²) in [6.07, 6.45) is -13.6. The SMILES string of the molecule is Br.Br.FC(F)C(F)(F)C(F)(F)C(F)(F)C(F)(F)C(F)(F)C(F)(F)C(F)(F)F. The molecule has 0 nitrogen and oxygen atoms in total. The minimum absolute atomic E-state index is 0. The van der Waals surface area contributed by atoms with Crippen molar-refractivity contribution in [1.82, 2.24) is 0 Å². The van der Waals surface area contributed by atoms with Crippen LogP contribution in [0.3, 0.4) is 0 Å². The molecule has 0 aromatic heterocycles. The van der Waals surface area contributed by atoms with Gasteiger partial charge < -0.3 is 0 Å². The summed E-state index contributed by atoms with van der Waals surface area (Å²) in [5.74, 6) is -49.2. The van der Waals surface area contributed by atoms with E-state index in [1.54, 1.807) is 0 Å². The molecule has 0 radical (unpaired) electrons. The maximum Gasteiger partial charge on any atom is 0.460 e. The van der Waals surface area contributed by atoms with Crippen LogP contribution in [0.5, 0.6) is 0 Å². The van der Waals surface area contributed by atoms with E-state index in [1.807, 2.05) is 0 Å². The highest BCUT2D eigenvalue weighted by Gasteiger charge is 2.94. The molecule has 0 fully saturated rings. The number of halogens is 19. The summed E-state index contributed by atoms with van der Waals surface area (Å²) >= 11 is 0. The van der Waals surface area contributed by atoms with Crippen molar-refractivity contribution < 1.29 is 74.6 Å². The van der Waals surface area contributed by atoms with Crippen molar-refractivity contribution >= 4 is 34.0 Å². The summed E-state index contributed by atoms with van der Waals surface area (Å²) in [4.78, 5) is 0. The van der Waals surface area contributed by atoms with Crippen LogP contribution in [0.1, 0.15) is 0 Å². The Hall–Kier alpha value is -0.230. The quantitative estimate of drug-likeness (QED) is 0.303. The Morgan fingerprint density at radius 3 is 0.815 bits per heavy atom. The van der Waals surface area contributed by atoms with Gasteiger partial charge in [0.25, 0.3) is 0 Å². The van der Waals surface area contributed by atoms with Gasteiger partial charge in [0, 0.05) is 0 Å². The number of rotatable bonds is 6. The predicted molar refractivity (Wildman–Crippen MR) is 62.4 cm³/mol. The van der Waals surface area contributed by atoms with Crippen molar-refractivity contribution in [3.05, 3.63) is 0 Å². The van der Waals surface area contributed by atoms with Gasteiger partial charge in [0.2, 0.25) is 0 Å². The Bertz CT molecular complexity index is 492. The lowest BCUT2D eigenvalue weighted by Gasteiger charge is -2.41. The lowest BCUT2D eigenvalue weighted by Crippen LogP contribution is -2.73. The molecule has 0 spiro atoms. The third-order valence-corrected chi connectivity index (χ3v) is 2.63. The third kappa shape index (κ3) is 4.08. The summed E-state index contributed by atoms with van der Waals surface area (Å²) in [6, 6.07) is 0. The lowest BCUT2D eigenvalue weighted by molar-refractivity contribution is -0.456. The maximum atomic E-state index is 12.8. The summed E-state index contributed by atoms with van der Waals surface area (Å²) in [6.45, 7) is 0. The molecule has 0 saturated heterocycles. The van der Waals surface area contributed by atoms with Crippen LogP contribution in [0.2, 0.25) is 0 Å². The molecule has 27 heavy (non-hydrogen) atoms. The second-order valence-corrected chi connectivity index (χ2v) is 4.29. The fraction of sp³-hybridized carbons (Fsp3) is 1.00. The average molecular weight is 582 g/mol. The number of hydrogen-bond acceptors (Lipinski definition) is 0. The third-order valence-electron chi connectivity index (χ3n) is 2.63. The standard InChI is InChI=1S/C8HF17.2BrH/c9-1(10)2(11,12)3(13,14)4(15,16)5(17,18)6(19,20)7(21,22)8(23,24)25;;/h1H;2*1H. The van der Waals surface area contributed by atoms with Crippen molar-refractivity contribution in [2.75, 3.05) is 0 Å². The molecule has 0 N–H and O–H groups in total. The van der Waals surface area contributed by atoms with Crippen LogP contribution < -0.4 is 0 Å². The van der Waals surface area contributed by atoms with Crippen molar-refractivity contribution in [3.8, 4) is 0 Å². The first kappa shape index (κ1) is 31.5. The zero-order valence-corrected chi connectivity index (χ0v) is 14.7. The molecule has 0 aliphatic rings. The van der Waals surface area contributed by atoms with Gasteiger partial charge in [-0.3, -0.25) is 0 Å². The molecule has 168 valence electrons. The maximum absolute atomic E-state index is 12.8. The fourth-order valence-electron chi connectivity index (χ4n) is 1.12. The van der Waals surface area contributed by atoms with E-state index >= 15 is 0 Å². The van der Waals surface area contributed by atoms with Gasteiger partial charge in [-0.1, -0.05) is 0 Å². The van der Waals surface area contributed by atoms with Gasteiger partial charge in [0.05, 0.1) is 0 Å². The predicted octanol–water partition coefficient (Wildman–Crippen LogP) is 6.78. The Labute approximate surface area is 157 Å². The average Bonchev–Trinajstić information content (AvgIpc) is 2.35. The molecule has 0 heterocycles. The van der Waals surface area contributed by atoms with Crippen LogP contribution in [0.4, 0.5) is 74.6 Å². The first-order chi connectivity index (χ1) is 10.4.